The number of aryl methyl sites for hydroxylation is 4. The Kier molecular flexibility index (Phi) is 7.13. The van der Waals surface area contributed by atoms with Crippen LogP contribution in [-0.4, -0.2) is 36.6 Å². The largest absolute Gasteiger partial charge is 0.504 e. The van der Waals surface area contributed by atoms with Crippen molar-refractivity contribution in [1.29, 1.82) is 0 Å². The van der Waals surface area contributed by atoms with Gasteiger partial charge in [0, 0.05) is 0 Å². The van der Waals surface area contributed by atoms with Crippen LogP contribution in [0.1, 0.15) is 22.3 Å². The van der Waals surface area contributed by atoms with E-state index in [1.54, 1.807) is 21.3 Å². The maximum atomic E-state index is 9.67. The monoisotopic (exact) mass is 424 g/mol. The van der Waals surface area contributed by atoms with E-state index in [1.807, 2.05) is 18.2 Å². The van der Waals surface area contributed by atoms with Gasteiger partial charge in [0.25, 0.3) is 0 Å². The summed E-state index contributed by atoms with van der Waals surface area (Å²) in [6.45, 7) is 0. The predicted octanol–water partition coefficient (Wildman–Crippen LogP) is 4.40. The summed E-state index contributed by atoms with van der Waals surface area (Å²) in [4.78, 5) is 0. The van der Waals surface area contributed by atoms with Crippen LogP contribution in [0, 0.1) is 0 Å². The highest BCUT2D eigenvalue weighted by Gasteiger charge is 2.13. The minimum atomic E-state index is -0.488. The average Bonchev–Trinajstić information content (AvgIpc) is 2.79. The molecule has 3 aromatic carbocycles. The van der Waals surface area contributed by atoms with Crippen molar-refractivity contribution in [3.05, 3.63) is 70.8 Å². The number of ether oxygens (including phenoxy) is 3. The minimum absolute atomic E-state index is 0.311. The quantitative estimate of drug-likeness (QED) is 0.441. The molecule has 0 spiro atoms. The van der Waals surface area contributed by atoms with E-state index in [4.69, 9.17) is 14.2 Å². The van der Waals surface area contributed by atoms with E-state index in [9.17, 15) is 15.3 Å². The van der Waals surface area contributed by atoms with E-state index in [1.165, 1.54) is 17.7 Å². The Morgan fingerprint density at radius 2 is 1.03 bits per heavy atom. The molecule has 0 saturated carbocycles. The second-order valence-corrected chi connectivity index (χ2v) is 7.34. The fraction of sp³-hybridized carbons (Fsp3) is 0.280. The van der Waals surface area contributed by atoms with Gasteiger partial charge in [-0.2, -0.15) is 0 Å². The number of methoxy groups -OCH3 is 3. The zero-order valence-corrected chi connectivity index (χ0v) is 18.0. The van der Waals surface area contributed by atoms with Gasteiger partial charge in [0.15, 0.2) is 28.7 Å². The van der Waals surface area contributed by atoms with Crippen molar-refractivity contribution >= 4 is 0 Å². The molecule has 0 amide bonds. The Morgan fingerprint density at radius 1 is 0.581 bits per heavy atom. The molecule has 0 bridgehead atoms. The summed E-state index contributed by atoms with van der Waals surface area (Å²) in [5.74, 6) is 0.764. The Morgan fingerprint density at radius 3 is 1.48 bits per heavy atom. The highest BCUT2D eigenvalue weighted by molar-refractivity contribution is 5.54. The van der Waals surface area contributed by atoms with Gasteiger partial charge in [-0.05, 0) is 72.2 Å². The molecule has 0 aromatic heterocycles. The molecule has 0 fully saturated rings. The molecule has 3 N–H and O–H groups in total. The van der Waals surface area contributed by atoms with Crippen molar-refractivity contribution in [3.63, 3.8) is 0 Å². The van der Waals surface area contributed by atoms with Crippen LogP contribution >= 0.6 is 0 Å². The number of hydrogen-bond donors (Lipinski definition) is 3. The van der Waals surface area contributed by atoms with Crippen LogP contribution in [-0.2, 0) is 25.7 Å². The smallest absolute Gasteiger partial charge is 0.203 e. The molecule has 0 aliphatic rings. The lowest BCUT2D eigenvalue weighted by atomic mass is 9.99. The lowest BCUT2D eigenvalue weighted by Crippen LogP contribution is -1.99. The van der Waals surface area contributed by atoms with Crippen molar-refractivity contribution in [1.82, 2.24) is 0 Å². The van der Waals surface area contributed by atoms with E-state index < -0.39 is 5.75 Å². The van der Waals surface area contributed by atoms with E-state index in [-0.39, 0.29) is 11.5 Å². The van der Waals surface area contributed by atoms with E-state index in [2.05, 4.69) is 18.2 Å². The third-order valence-corrected chi connectivity index (χ3v) is 5.25. The maximum Gasteiger partial charge on any atom is 0.203 e. The molecular weight excluding hydrogens is 396 g/mol. The molecule has 0 saturated heterocycles. The van der Waals surface area contributed by atoms with Crippen molar-refractivity contribution in [2.75, 3.05) is 21.3 Å². The molecule has 3 aromatic rings. The molecule has 3 rings (SSSR count). The van der Waals surface area contributed by atoms with Gasteiger partial charge < -0.3 is 29.5 Å². The molecule has 164 valence electrons. The van der Waals surface area contributed by atoms with Gasteiger partial charge >= 0.3 is 0 Å². The van der Waals surface area contributed by atoms with Crippen LogP contribution in [0.25, 0.3) is 0 Å². The van der Waals surface area contributed by atoms with Gasteiger partial charge in [0.05, 0.1) is 21.3 Å². The zero-order chi connectivity index (χ0) is 22.4. The number of phenolic OH excluding ortho intramolecular Hbond substituents is 3. The lowest BCUT2D eigenvalue weighted by Gasteiger charge is -2.14. The first kappa shape index (κ1) is 22.2. The fourth-order valence-electron chi connectivity index (χ4n) is 3.60. The molecule has 0 aliphatic heterocycles. The SMILES string of the molecule is COc1cc(CCc2cccc(CCc3cc(O)c(O)c(O)c3)c2)cc(OC)c1OC. The molecular formula is C25H28O6. The van der Waals surface area contributed by atoms with Crippen LogP contribution < -0.4 is 14.2 Å². The fourth-order valence-corrected chi connectivity index (χ4v) is 3.60. The Balaban J connectivity index is 1.67. The maximum absolute atomic E-state index is 9.67. The first-order valence-corrected chi connectivity index (χ1v) is 10.1. The first-order chi connectivity index (χ1) is 14.9. The summed E-state index contributed by atoms with van der Waals surface area (Å²) < 4.78 is 16.2. The highest BCUT2D eigenvalue weighted by Crippen LogP contribution is 2.38. The van der Waals surface area contributed by atoms with Gasteiger partial charge in [-0.1, -0.05) is 24.3 Å². The van der Waals surface area contributed by atoms with Gasteiger partial charge in [-0.15, -0.1) is 0 Å². The van der Waals surface area contributed by atoms with Gasteiger partial charge in [0.2, 0.25) is 5.75 Å². The predicted molar refractivity (Wildman–Crippen MR) is 119 cm³/mol. The first-order valence-electron chi connectivity index (χ1n) is 10.1. The Hall–Kier alpha value is -3.54. The molecule has 31 heavy (non-hydrogen) atoms. The lowest BCUT2D eigenvalue weighted by molar-refractivity contribution is 0.324. The van der Waals surface area contributed by atoms with Crippen molar-refractivity contribution in [2.45, 2.75) is 25.7 Å². The minimum Gasteiger partial charge on any atom is -0.504 e. The second-order valence-electron chi connectivity index (χ2n) is 7.34. The van der Waals surface area contributed by atoms with Crippen LogP contribution in [0.4, 0.5) is 0 Å². The van der Waals surface area contributed by atoms with Crippen molar-refractivity contribution in [3.8, 4) is 34.5 Å². The normalized spacial score (nSPS) is 10.7. The number of benzene rings is 3. The number of phenols is 3. The third kappa shape index (κ3) is 5.34. The third-order valence-electron chi connectivity index (χ3n) is 5.25. The van der Waals surface area contributed by atoms with Crippen molar-refractivity contribution < 1.29 is 29.5 Å². The summed E-state index contributed by atoms with van der Waals surface area (Å²) in [5.41, 5.74) is 4.22. The van der Waals surface area contributed by atoms with E-state index >= 15 is 0 Å². The molecule has 6 nitrogen and oxygen atoms in total. The van der Waals surface area contributed by atoms with Gasteiger partial charge in [-0.3, -0.25) is 0 Å². The summed E-state index contributed by atoms with van der Waals surface area (Å²) >= 11 is 0. The standard InChI is InChI=1S/C25H28O6/c1-29-22-14-19(15-23(30-2)25(22)31-3)10-8-17-6-4-5-16(11-17)7-9-18-12-20(26)24(28)21(27)13-18/h4-6,11-15,26-28H,7-10H2,1-3H3. The van der Waals surface area contributed by atoms with Crippen LogP contribution in [0.15, 0.2) is 48.5 Å². The molecule has 0 aliphatic carbocycles. The summed E-state index contributed by atoms with van der Waals surface area (Å²) in [7, 11) is 4.81. The molecule has 0 atom stereocenters. The van der Waals surface area contributed by atoms with Crippen LogP contribution in [0.5, 0.6) is 34.5 Å². The molecule has 0 heterocycles. The van der Waals surface area contributed by atoms with Crippen molar-refractivity contribution in [2.24, 2.45) is 0 Å². The summed E-state index contributed by atoms with van der Waals surface area (Å²) in [6, 6.07) is 15.2. The van der Waals surface area contributed by atoms with Gasteiger partial charge in [0.1, 0.15) is 0 Å². The average molecular weight is 424 g/mol. The molecule has 0 unspecified atom stereocenters. The summed E-state index contributed by atoms with van der Waals surface area (Å²) in [6.07, 6.45) is 3.06. The summed E-state index contributed by atoms with van der Waals surface area (Å²) in [5, 5.41) is 28.8. The number of aromatic hydroxyl groups is 3. The highest BCUT2D eigenvalue weighted by atomic mass is 16.5. The zero-order valence-electron chi connectivity index (χ0n) is 18.0. The van der Waals surface area contributed by atoms with Crippen LogP contribution in [0.2, 0.25) is 0 Å². The van der Waals surface area contributed by atoms with Gasteiger partial charge in [-0.25, -0.2) is 0 Å². The second kappa shape index (κ2) is 9.98. The van der Waals surface area contributed by atoms with Crippen LogP contribution in [0.3, 0.4) is 0 Å². The molecule has 0 radical (unpaired) electrons. The molecule has 6 heteroatoms. The topological polar surface area (TPSA) is 88.4 Å². The van der Waals surface area contributed by atoms with E-state index in [0.717, 1.165) is 36.0 Å². The number of rotatable bonds is 9. The number of hydrogen-bond acceptors (Lipinski definition) is 6. The Labute approximate surface area is 182 Å². The Bertz CT molecular complexity index is 996. The van der Waals surface area contributed by atoms with E-state index in [0.29, 0.717) is 23.7 Å².